The Hall–Kier alpha value is -2.14. The number of amides is 1. The Bertz CT molecular complexity index is 648. The first-order valence-electron chi connectivity index (χ1n) is 8.32. The van der Waals surface area contributed by atoms with Crippen molar-refractivity contribution in [3.05, 3.63) is 54.1 Å². The van der Waals surface area contributed by atoms with Crippen LogP contribution >= 0.6 is 0 Å². The van der Waals surface area contributed by atoms with Crippen LogP contribution in [0.15, 0.2) is 42.7 Å². The monoisotopic (exact) mass is 312 g/mol. The lowest BCUT2D eigenvalue weighted by Crippen LogP contribution is -2.45. The summed E-state index contributed by atoms with van der Waals surface area (Å²) in [6, 6.07) is 9.86. The van der Waals surface area contributed by atoms with E-state index in [4.69, 9.17) is 0 Å². The molecule has 0 N–H and O–H groups in total. The average molecular weight is 312 g/mol. The molecule has 0 bridgehead atoms. The predicted molar refractivity (Wildman–Crippen MR) is 89.7 cm³/mol. The van der Waals surface area contributed by atoms with Gasteiger partial charge in [0, 0.05) is 38.6 Å². The number of fused-ring (bicyclic) bond motifs is 1. The molecular weight excluding hydrogens is 288 g/mol. The van der Waals surface area contributed by atoms with E-state index in [1.807, 2.05) is 61.5 Å². The minimum absolute atomic E-state index is 0.182. The number of imidazole rings is 1. The zero-order valence-corrected chi connectivity index (χ0v) is 13.9. The smallest absolute Gasteiger partial charge is 0.244 e. The third kappa shape index (κ3) is 3.15. The van der Waals surface area contributed by atoms with Crippen LogP contribution in [0.25, 0.3) is 0 Å². The highest BCUT2D eigenvalue weighted by Crippen LogP contribution is 2.27. The number of likely N-dealkylation sites (N-methyl/N-ethyl adjacent to an activating group) is 1. The van der Waals surface area contributed by atoms with E-state index in [1.165, 1.54) is 0 Å². The molecule has 1 amide bonds. The Labute approximate surface area is 137 Å². The number of carbonyl (C=O) groups is 1. The molecule has 0 spiro atoms. The van der Waals surface area contributed by atoms with Gasteiger partial charge in [0.25, 0.3) is 0 Å². The SMILES string of the molecule is CCN(CC)C(=O)[C@H](c1ccccc1)N1CCn2ccnc2C1. The van der Waals surface area contributed by atoms with E-state index >= 15 is 0 Å². The van der Waals surface area contributed by atoms with Gasteiger partial charge in [0.2, 0.25) is 5.91 Å². The van der Waals surface area contributed by atoms with Crippen LogP contribution in [0, 0.1) is 0 Å². The zero-order valence-electron chi connectivity index (χ0n) is 13.9. The second-order valence-corrected chi connectivity index (χ2v) is 5.83. The van der Waals surface area contributed by atoms with Gasteiger partial charge in [-0.05, 0) is 19.4 Å². The van der Waals surface area contributed by atoms with E-state index < -0.39 is 0 Å². The lowest BCUT2D eigenvalue weighted by molar-refractivity contribution is -0.137. The number of benzene rings is 1. The van der Waals surface area contributed by atoms with Crippen molar-refractivity contribution in [3.63, 3.8) is 0 Å². The number of hydrogen-bond acceptors (Lipinski definition) is 3. The van der Waals surface area contributed by atoms with Gasteiger partial charge in [-0.2, -0.15) is 0 Å². The fourth-order valence-corrected chi connectivity index (χ4v) is 3.27. The lowest BCUT2D eigenvalue weighted by atomic mass is 10.0. The fraction of sp³-hybridized carbons (Fsp3) is 0.444. The third-order valence-electron chi connectivity index (χ3n) is 4.56. The van der Waals surface area contributed by atoms with Gasteiger partial charge in [-0.25, -0.2) is 4.98 Å². The summed E-state index contributed by atoms with van der Waals surface area (Å²) in [5, 5.41) is 0. The summed E-state index contributed by atoms with van der Waals surface area (Å²) in [7, 11) is 0. The van der Waals surface area contributed by atoms with Gasteiger partial charge in [0.05, 0.1) is 6.54 Å². The zero-order chi connectivity index (χ0) is 16.2. The highest BCUT2D eigenvalue weighted by molar-refractivity contribution is 5.83. The molecule has 122 valence electrons. The van der Waals surface area contributed by atoms with Gasteiger partial charge in [0.1, 0.15) is 11.9 Å². The Morgan fingerprint density at radius 3 is 2.65 bits per heavy atom. The molecule has 0 radical (unpaired) electrons. The fourth-order valence-electron chi connectivity index (χ4n) is 3.27. The highest BCUT2D eigenvalue weighted by Gasteiger charge is 2.32. The quantitative estimate of drug-likeness (QED) is 0.851. The molecule has 1 aromatic carbocycles. The van der Waals surface area contributed by atoms with E-state index in [1.54, 1.807) is 0 Å². The Morgan fingerprint density at radius 1 is 1.22 bits per heavy atom. The van der Waals surface area contributed by atoms with Gasteiger partial charge in [-0.15, -0.1) is 0 Å². The highest BCUT2D eigenvalue weighted by atomic mass is 16.2. The Morgan fingerprint density at radius 2 is 1.96 bits per heavy atom. The number of rotatable bonds is 5. The summed E-state index contributed by atoms with van der Waals surface area (Å²) < 4.78 is 2.17. The molecule has 0 aliphatic carbocycles. The summed E-state index contributed by atoms with van der Waals surface area (Å²) in [5.41, 5.74) is 1.06. The van der Waals surface area contributed by atoms with Gasteiger partial charge in [0.15, 0.2) is 0 Å². The van der Waals surface area contributed by atoms with Crippen LogP contribution in [-0.2, 0) is 17.9 Å². The molecule has 1 aromatic heterocycles. The van der Waals surface area contributed by atoms with Gasteiger partial charge >= 0.3 is 0 Å². The van der Waals surface area contributed by atoms with Crippen molar-refractivity contribution < 1.29 is 4.79 Å². The summed E-state index contributed by atoms with van der Waals surface area (Å²) in [6.45, 7) is 7.99. The van der Waals surface area contributed by atoms with E-state index in [9.17, 15) is 4.79 Å². The number of aromatic nitrogens is 2. The summed E-state index contributed by atoms with van der Waals surface area (Å²) >= 11 is 0. The normalized spacial score (nSPS) is 15.9. The average Bonchev–Trinajstić information content (AvgIpc) is 3.05. The van der Waals surface area contributed by atoms with Crippen molar-refractivity contribution in [2.24, 2.45) is 0 Å². The van der Waals surface area contributed by atoms with E-state index in [0.29, 0.717) is 6.54 Å². The van der Waals surface area contributed by atoms with E-state index in [-0.39, 0.29) is 11.9 Å². The Balaban J connectivity index is 1.91. The van der Waals surface area contributed by atoms with Crippen LogP contribution in [0.3, 0.4) is 0 Å². The minimum Gasteiger partial charge on any atom is -0.342 e. The summed E-state index contributed by atoms with van der Waals surface area (Å²) in [4.78, 5) is 21.7. The largest absolute Gasteiger partial charge is 0.342 e. The summed E-state index contributed by atoms with van der Waals surface area (Å²) in [6.07, 6.45) is 3.85. The molecule has 5 nitrogen and oxygen atoms in total. The molecule has 0 unspecified atom stereocenters. The maximum absolute atomic E-state index is 13.1. The first kappa shape index (κ1) is 15.7. The number of carbonyl (C=O) groups excluding carboxylic acids is 1. The summed E-state index contributed by atoms with van der Waals surface area (Å²) in [5.74, 6) is 1.21. The number of hydrogen-bond donors (Lipinski definition) is 0. The topological polar surface area (TPSA) is 41.4 Å². The number of nitrogens with zero attached hydrogens (tertiary/aromatic N) is 4. The van der Waals surface area contributed by atoms with Crippen LogP contribution in [0.5, 0.6) is 0 Å². The van der Waals surface area contributed by atoms with Crippen LogP contribution in [-0.4, -0.2) is 44.9 Å². The molecule has 0 saturated carbocycles. The molecule has 1 aliphatic heterocycles. The maximum atomic E-state index is 13.1. The van der Waals surface area contributed by atoms with Gasteiger partial charge < -0.3 is 9.47 Å². The van der Waals surface area contributed by atoms with Crippen molar-refractivity contribution in [3.8, 4) is 0 Å². The van der Waals surface area contributed by atoms with Gasteiger partial charge in [-0.3, -0.25) is 9.69 Å². The first-order valence-corrected chi connectivity index (χ1v) is 8.32. The molecule has 5 heteroatoms. The standard InChI is InChI=1S/C18H24N4O/c1-3-20(4-2)18(23)17(15-8-6-5-7-9-15)22-13-12-21-11-10-19-16(21)14-22/h5-11,17H,3-4,12-14H2,1-2H3/t17-/m0/s1. The molecule has 0 fully saturated rings. The van der Waals surface area contributed by atoms with Crippen molar-refractivity contribution in [1.29, 1.82) is 0 Å². The minimum atomic E-state index is -0.235. The second kappa shape index (κ2) is 6.96. The Kier molecular flexibility index (Phi) is 4.76. The van der Waals surface area contributed by atoms with Crippen molar-refractivity contribution in [2.45, 2.75) is 33.0 Å². The van der Waals surface area contributed by atoms with Crippen LogP contribution in [0.1, 0.15) is 31.3 Å². The van der Waals surface area contributed by atoms with Crippen LogP contribution < -0.4 is 0 Å². The molecule has 23 heavy (non-hydrogen) atoms. The molecule has 1 aliphatic rings. The molecule has 2 aromatic rings. The van der Waals surface area contributed by atoms with Crippen molar-refractivity contribution >= 4 is 5.91 Å². The molecule has 2 heterocycles. The second-order valence-electron chi connectivity index (χ2n) is 5.83. The van der Waals surface area contributed by atoms with Crippen LogP contribution in [0.4, 0.5) is 0 Å². The van der Waals surface area contributed by atoms with E-state index in [2.05, 4.69) is 14.5 Å². The molecule has 1 atom stereocenters. The molecule has 0 saturated heterocycles. The van der Waals surface area contributed by atoms with Crippen LogP contribution in [0.2, 0.25) is 0 Å². The maximum Gasteiger partial charge on any atom is 0.244 e. The van der Waals surface area contributed by atoms with Crippen molar-refractivity contribution in [1.82, 2.24) is 19.4 Å². The third-order valence-corrected chi connectivity index (χ3v) is 4.56. The van der Waals surface area contributed by atoms with Gasteiger partial charge in [-0.1, -0.05) is 30.3 Å². The molecular formula is C18H24N4O. The molecule has 3 rings (SSSR count). The van der Waals surface area contributed by atoms with E-state index in [0.717, 1.165) is 37.6 Å². The predicted octanol–water partition coefficient (Wildman–Crippen LogP) is 2.31. The van der Waals surface area contributed by atoms with Crippen molar-refractivity contribution in [2.75, 3.05) is 19.6 Å². The lowest BCUT2D eigenvalue weighted by Gasteiger charge is -2.36. The first-order chi connectivity index (χ1) is 11.2.